The van der Waals surface area contributed by atoms with Crippen molar-refractivity contribution >= 4 is 28.8 Å². The molecule has 1 rings (SSSR count). The SMILES string of the molecule is CCOC(=O)CN(C(=O)C(C)CSC(=O)C(C)(C)C)C1CCCC1. The Morgan fingerprint density at radius 1 is 1.21 bits per heavy atom. The van der Waals surface area contributed by atoms with Crippen molar-refractivity contribution in [1.29, 1.82) is 0 Å². The zero-order valence-electron chi connectivity index (χ0n) is 15.6. The summed E-state index contributed by atoms with van der Waals surface area (Å²) in [6, 6.07) is 0.118. The van der Waals surface area contributed by atoms with Crippen molar-refractivity contribution in [3.05, 3.63) is 0 Å². The topological polar surface area (TPSA) is 63.7 Å². The molecule has 0 radical (unpaired) electrons. The Kier molecular flexibility index (Phi) is 8.27. The van der Waals surface area contributed by atoms with Crippen LogP contribution in [0.3, 0.4) is 0 Å². The van der Waals surface area contributed by atoms with Crippen LogP contribution in [-0.4, -0.2) is 46.8 Å². The Morgan fingerprint density at radius 3 is 2.29 bits per heavy atom. The van der Waals surface area contributed by atoms with E-state index in [1.54, 1.807) is 11.8 Å². The van der Waals surface area contributed by atoms with Gasteiger partial charge in [-0.1, -0.05) is 52.3 Å². The lowest BCUT2D eigenvalue weighted by Gasteiger charge is -2.30. The third-order valence-corrected chi connectivity index (χ3v) is 5.69. The lowest BCUT2D eigenvalue weighted by Crippen LogP contribution is -2.45. The Hall–Kier alpha value is -1.04. The number of hydrogen-bond donors (Lipinski definition) is 0. The van der Waals surface area contributed by atoms with Crippen molar-refractivity contribution in [2.24, 2.45) is 11.3 Å². The number of carbonyl (C=O) groups is 3. The van der Waals surface area contributed by atoms with E-state index >= 15 is 0 Å². The van der Waals surface area contributed by atoms with Gasteiger partial charge in [-0.15, -0.1) is 0 Å². The van der Waals surface area contributed by atoms with Gasteiger partial charge in [0.05, 0.1) is 6.61 Å². The van der Waals surface area contributed by atoms with E-state index in [1.165, 1.54) is 11.8 Å². The van der Waals surface area contributed by atoms with Gasteiger partial charge in [-0.2, -0.15) is 0 Å². The predicted octanol–water partition coefficient (Wildman–Crippen LogP) is 3.26. The van der Waals surface area contributed by atoms with E-state index in [4.69, 9.17) is 4.74 Å². The Labute approximate surface area is 149 Å². The van der Waals surface area contributed by atoms with Crippen molar-refractivity contribution in [1.82, 2.24) is 4.90 Å². The van der Waals surface area contributed by atoms with E-state index in [1.807, 2.05) is 27.7 Å². The molecule has 138 valence electrons. The Balaban J connectivity index is 2.68. The summed E-state index contributed by atoms with van der Waals surface area (Å²) in [6.45, 7) is 9.55. The molecule has 1 amide bonds. The van der Waals surface area contributed by atoms with Crippen LogP contribution in [0.15, 0.2) is 0 Å². The van der Waals surface area contributed by atoms with E-state index < -0.39 is 5.41 Å². The van der Waals surface area contributed by atoms with E-state index in [9.17, 15) is 14.4 Å². The van der Waals surface area contributed by atoms with Gasteiger partial charge >= 0.3 is 5.97 Å². The molecule has 1 atom stereocenters. The number of rotatable bonds is 7. The van der Waals surface area contributed by atoms with Crippen LogP contribution in [0, 0.1) is 11.3 Å². The fourth-order valence-electron chi connectivity index (χ4n) is 2.72. The van der Waals surface area contributed by atoms with Crippen molar-refractivity contribution in [2.45, 2.75) is 66.3 Å². The lowest BCUT2D eigenvalue weighted by atomic mass is 10.00. The molecule has 0 aromatic carbocycles. The van der Waals surface area contributed by atoms with Crippen LogP contribution in [0.25, 0.3) is 0 Å². The third kappa shape index (κ3) is 6.46. The largest absolute Gasteiger partial charge is 0.465 e. The first kappa shape index (κ1) is 21.0. The molecule has 6 heteroatoms. The first-order chi connectivity index (χ1) is 11.2. The van der Waals surface area contributed by atoms with E-state index in [0.29, 0.717) is 12.4 Å². The zero-order valence-corrected chi connectivity index (χ0v) is 16.4. The number of amides is 1. The normalized spacial score (nSPS) is 16.7. The quantitative estimate of drug-likeness (QED) is 0.654. The van der Waals surface area contributed by atoms with Gasteiger partial charge in [-0.3, -0.25) is 14.4 Å². The summed E-state index contributed by atoms with van der Waals surface area (Å²) in [5.41, 5.74) is -0.413. The lowest BCUT2D eigenvalue weighted by molar-refractivity contribution is -0.151. The predicted molar refractivity (Wildman–Crippen MR) is 96.7 cm³/mol. The minimum atomic E-state index is -0.413. The van der Waals surface area contributed by atoms with Gasteiger partial charge < -0.3 is 9.64 Å². The summed E-state index contributed by atoms with van der Waals surface area (Å²) < 4.78 is 5.01. The summed E-state index contributed by atoms with van der Waals surface area (Å²) in [6.07, 6.45) is 4.05. The maximum atomic E-state index is 12.8. The van der Waals surface area contributed by atoms with Gasteiger partial charge in [0.25, 0.3) is 0 Å². The molecule has 1 saturated carbocycles. The molecular formula is C18H31NO4S. The molecule has 0 spiro atoms. The van der Waals surface area contributed by atoms with E-state index in [-0.39, 0.29) is 35.5 Å². The second-order valence-electron chi connectivity index (χ2n) is 7.46. The van der Waals surface area contributed by atoms with Crippen LogP contribution in [0.1, 0.15) is 60.3 Å². The summed E-state index contributed by atoms with van der Waals surface area (Å²) in [5, 5.41) is 0.0833. The molecule has 0 heterocycles. The molecular weight excluding hydrogens is 326 g/mol. The van der Waals surface area contributed by atoms with Crippen LogP contribution >= 0.6 is 11.8 Å². The number of carbonyl (C=O) groups excluding carboxylic acids is 3. The monoisotopic (exact) mass is 357 g/mol. The second kappa shape index (κ2) is 9.44. The first-order valence-corrected chi connectivity index (χ1v) is 9.78. The average molecular weight is 358 g/mol. The average Bonchev–Trinajstić information content (AvgIpc) is 3.02. The maximum Gasteiger partial charge on any atom is 0.325 e. The minimum Gasteiger partial charge on any atom is -0.465 e. The fourth-order valence-corrected chi connectivity index (χ4v) is 3.70. The summed E-state index contributed by atoms with van der Waals surface area (Å²) in [4.78, 5) is 38.4. The fraction of sp³-hybridized carbons (Fsp3) is 0.833. The molecule has 0 aromatic rings. The summed E-state index contributed by atoms with van der Waals surface area (Å²) in [5.74, 6) is -0.259. The number of esters is 1. The molecule has 1 fully saturated rings. The van der Waals surface area contributed by atoms with E-state index in [0.717, 1.165) is 25.7 Å². The highest BCUT2D eigenvalue weighted by atomic mass is 32.2. The Bertz CT molecular complexity index is 452. The second-order valence-corrected chi connectivity index (χ2v) is 8.45. The molecule has 0 bridgehead atoms. The van der Waals surface area contributed by atoms with Crippen molar-refractivity contribution < 1.29 is 19.1 Å². The van der Waals surface area contributed by atoms with Gasteiger partial charge in [-0.25, -0.2) is 0 Å². The van der Waals surface area contributed by atoms with Crippen LogP contribution in [0.2, 0.25) is 0 Å². The third-order valence-electron chi connectivity index (χ3n) is 4.15. The zero-order chi connectivity index (χ0) is 18.3. The number of thioether (sulfide) groups is 1. The van der Waals surface area contributed by atoms with Gasteiger partial charge in [0, 0.05) is 23.1 Å². The molecule has 0 aliphatic heterocycles. The molecule has 1 aliphatic carbocycles. The standard InChI is InChI=1S/C18H31NO4S/c1-6-23-15(20)11-19(14-9-7-8-10-14)16(21)13(2)12-24-17(22)18(3,4)5/h13-14H,6-12H2,1-5H3. The van der Waals surface area contributed by atoms with Crippen molar-refractivity contribution in [2.75, 3.05) is 18.9 Å². The molecule has 24 heavy (non-hydrogen) atoms. The first-order valence-electron chi connectivity index (χ1n) is 8.80. The van der Waals surface area contributed by atoms with Gasteiger partial charge in [0.1, 0.15) is 6.54 Å². The van der Waals surface area contributed by atoms with Crippen LogP contribution < -0.4 is 0 Å². The molecule has 0 N–H and O–H groups in total. The highest BCUT2D eigenvalue weighted by Crippen LogP contribution is 2.27. The minimum absolute atomic E-state index is 0.0135. The van der Waals surface area contributed by atoms with Gasteiger partial charge in [0.2, 0.25) is 5.91 Å². The molecule has 0 aromatic heterocycles. The Morgan fingerprint density at radius 2 is 1.79 bits per heavy atom. The number of hydrogen-bond acceptors (Lipinski definition) is 5. The smallest absolute Gasteiger partial charge is 0.325 e. The number of nitrogens with zero attached hydrogens (tertiary/aromatic N) is 1. The molecule has 1 aliphatic rings. The molecule has 0 saturated heterocycles. The summed E-state index contributed by atoms with van der Waals surface area (Å²) >= 11 is 1.21. The van der Waals surface area contributed by atoms with Crippen LogP contribution in [0.4, 0.5) is 0 Å². The molecule has 1 unspecified atom stereocenters. The van der Waals surface area contributed by atoms with Crippen molar-refractivity contribution in [3.8, 4) is 0 Å². The summed E-state index contributed by atoms with van der Waals surface area (Å²) in [7, 11) is 0. The van der Waals surface area contributed by atoms with Crippen LogP contribution in [0.5, 0.6) is 0 Å². The van der Waals surface area contributed by atoms with E-state index in [2.05, 4.69) is 0 Å². The van der Waals surface area contributed by atoms with Gasteiger partial charge in [-0.05, 0) is 19.8 Å². The maximum absolute atomic E-state index is 12.8. The molecule has 5 nitrogen and oxygen atoms in total. The van der Waals surface area contributed by atoms with Crippen molar-refractivity contribution in [3.63, 3.8) is 0 Å². The van der Waals surface area contributed by atoms with Crippen LogP contribution in [-0.2, 0) is 19.1 Å². The number of ether oxygens (including phenoxy) is 1. The highest BCUT2D eigenvalue weighted by Gasteiger charge is 2.32. The highest BCUT2D eigenvalue weighted by molar-refractivity contribution is 8.13. The van der Waals surface area contributed by atoms with Gasteiger partial charge in [0.15, 0.2) is 5.12 Å².